The minimum atomic E-state index is -0.749. The minimum Gasteiger partial charge on any atom is -0.506 e. The summed E-state index contributed by atoms with van der Waals surface area (Å²) >= 11 is 31.6. The van der Waals surface area contributed by atoms with E-state index < -0.39 is 10.8 Å². The van der Waals surface area contributed by atoms with E-state index in [1.54, 1.807) is 48.5 Å². The van der Waals surface area contributed by atoms with Crippen LogP contribution in [0.4, 0.5) is 0 Å². The van der Waals surface area contributed by atoms with E-state index in [-0.39, 0.29) is 48.1 Å². The fourth-order valence-corrected chi connectivity index (χ4v) is 5.87. The number of phenolic OH excluding ortho intramolecular Hbond substituents is 4. The molecule has 0 spiro atoms. The predicted octanol–water partition coefficient (Wildman–Crippen LogP) is 9.87. The van der Waals surface area contributed by atoms with Gasteiger partial charge in [0.05, 0.1) is 25.1 Å². The zero-order chi connectivity index (χ0) is 28.7. The molecule has 204 valence electrons. The van der Waals surface area contributed by atoms with Crippen LogP contribution in [0.5, 0.6) is 23.0 Å². The van der Waals surface area contributed by atoms with Crippen molar-refractivity contribution < 1.29 is 20.4 Å². The maximum absolute atomic E-state index is 10.2. The standard InChI is InChI=1S/C30H25Cl5O4/c1-29(16-3-6-25(36)20(31)11-16,17-4-7-26(37)21(32)12-17)9-10-30(2,18-5-8-27(38)22(33)13-18)19-14-23(34)28(39)24(35)15-19/h3-8,11-15,36-39H,9-10H2,1-2H3. The van der Waals surface area contributed by atoms with Crippen LogP contribution in [-0.2, 0) is 10.8 Å². The van der Waals surface area contributed by atoms with Gasteiger partial charge in [-0.2, -0.15) is 0 Å². The van der Waals surface area contributed by atoms with Gasteiger partial charge in [-0.1, -0.05) is 90.1 Å². The average molecular weight is 627 g/mol. The Morgan fingerprint density at radius 2 is 0.744 bits per heavy atom. The highest BCUT2D eigenvalue weighted by Crippen LogP contribution is 2.48. The first-order chi connectivity index (χ1) is 18.3. The Kier molecular flexibility index (Phi) is 8.47. The lowest BCUT2D eigenvalue weighted by Crippen LogP contribution is -2.30. The Morgan fingerprint density at radius 1 is 0.462 bits per heavy atom. The largest absolute Gasteiger partial charge is 0.506 e. The molecule has 0 amide bonds. The molecule has 0 aliphatic heterocycles. The molecule has 4 aromatic rings. The predicted molar refractivity (Wildman–Crippen MR) is 160 cm³/mol. The first kappa shape index (κ1) is 29.5. The molecule has 0 fully saturated rings. The molecule has 0 aromatic heterocycles. The van der Waals surface area contributed by atoms with Crippen molar-refractivity contribution in [2.24, 2.45) is 0 Å². The zero-order valence-corrected chi connectivity index (χ0v) is 24.7. The van der Waals surface area contributed by atoms with Crippen molar-refractivity contribution in [2.75, 3.05) is 0 Å². The summed E-state index contributed by atoms with van der Waals surface area (Å²) in [6.07, 6.45) is 1.01. The summed E-state index contributed by atoms with van der Waals surface area (Å²) in [7, 11) is 0. The highest BCUT2D eigenvalue weighted by Gasteiger charge is 2.37. The fraction of sp³-hybridized carbons (Fsp3) is 0.200. The van der Waals surface area contributed by atoms with Crippen molar-refractivity contribution in [1.82, 2.24) is 0 Å². The number of aromatic hydroxyl groups is 4. The van der Waals surface area contributed by atoms with Gasteiger partial charge < -0.3 is 20.4 Å². The van der Waals surface area contributed by atoms with Gasteiger partial charge >= 0.3 is 0 Å². The van der Waals surface area contributed by atoms with Crippen LogP contribution in [0.25, 0.3) is 0 Å². The van der Waals surface area contributed by atoms with E-state index in [4.69, 9.17) is 58.0 Å². The second-order valence-corrected chi connectivity index (χ2v) is 12.0. The molecule has 1 atom stereocenters. The molecule has 9 heteroatoms. The smallest absolute Gasteiger partial charge is 0.152 e. The summed E-state index contributed by atoms with van der Waals surface area (Å²) in [4.78, 5) is 0. The zero-order valence-electron chi connectivity index (χ0n) is 20.9. The van der Waals surface area contributed by atoms with Crippen LogP contribution >= 0.6 is 58.0 Å². The van der Waals surface area contributed by atoms with E-state index >= 15 is 0 Å². The van der Waals surface area contributed by atoms with Gasteiger partial charge in [-0.05, 0) is 83.6 Å². The number of hydrogen-bond acceptors (Lipinski definition) is 4. The Balaban J connectivity index is 1.89. The molecule has 4 nitrogen and oxygen atoms in total. The van der Waals surface area contributed by atoms with Crippen molar-refractivity contribution in [3.8, 4) is 23.0 Å². The first-order valence-corrected chi connectivity index (χ1v) is 13.8. The molecule has 0 bridgehead atoms. The summed E-state index contributed by atoms with van der Waals surface area (Å²) in [5.41, 5.74) is 1.71. The lowest BCUT2D eigenvalue weighted by Gasteiger charge is -2.38. The van der Waals surface area contributed by atoms with Gasteiger partial charge in [0.25, 0.3) is 0 Å². The summed E-state index contributed by atoms with van der Waals surface area (Å²) < 4.78 is 0. The number of phenols is 4. The Labute approximate surface area is 251 Å². The van der Waals surface area contributed by atoms with Crippen LogP contribution in [0.15, 0.2) is 66.7 Å². The maximum atomic E-state index is 10.2. The summed E-state index contributed by atoms with van der Waals surface area (Å²) in [5, 5.41) is 41.3. The molecule has 0 saturated heterocycles. The second-order valence-electron chi connectivity index (χ2n) is 9.95. The van der Waals surface area contributed by atoms with Gasteiger partial charge in [0.2, 0.25) is 0 Å². The van der Waals surface area contributed by atoms with Gasteiger partial charge in [0.15, 0.2) is 5.75 Å². The minimum absolute atomic E-state index is 0.0385. The second kappa shape index (κ2) is 11.2. The number of benzene rings is 4. The number of halogens is 5. The van der Waals surface area contributed by atoms with E-state index in [0.717, 1.165) is 22.3 Å². The van der Waals surface area contributed by atoms with Crippen molar-refractivity contribution in [3.63, 3.8) is 0 Å². The third-order valence-corrected chi connectivity index (χ3v) is 9.02. The number of hydrogen-bond donors (Lipinski definition) is 4. The molecular weight excluding hydrogens is 602 g/mol. The van der Waals surface area contributed by atoms with Crippen molar-refractivity contribution >= 4 is 58.0 Å². The van der Waals surface area contributed by atoms with Crippen LogP contribution < -0.4 is 0 Å². The lowest BCUT2D eigenvalue weighted by atomic mass is 9.66. The SMILES string of the molecule is CC(CCC(C)(c1ccc(O)c(Cl)c1)c1cc(Cl)c(O)c(Cl)c1)(c1ccc(O)c(Cl)c1)c1ccc(O)c(Cl)c1. The fourth-order valence-electron chi connectivity index (χ4n) is 4.85. The summed E-state index contributed by atoms with van der Waals surface area (Å²) in [5.74, 6) is -0.339. The molecular formula is C30H25Cl5O4. The van der Waals surface area contributed by atoms with E-state index in [1.807, 2.05) is 13.8 Å². The Bertz CT molecular complexity index is 1480. The third kappa shape index (κ3) is 5.73. The third-order valence-electron chi connectivity index (χ3n) is 7.53. The summed E-state index contributed by atoms with van der Waals surface area (Å²) in [6, 6.07) is 18.4. The van der Waals surface area contributed by atoms with Gasteiger partial charge in [-0.15, -0.1) is 0 Å². The van der Waals surface area contributed by atoms with Crippen LogP contribution in [0.3, 0.4) is 0 Å². The average Bonchev–Trinajstić information content (AvgIpc) is 2.90. The monoisotopic (exact) mass is 624 g/mol. The normalized spacial score (nSPS) is 13.3. The molecule has 0 heterocycles. The lowest BCUT2D eigenvalue weighted by molar-refractivity contribution is 0.410. The highest BCUT2D eigenvalue weighted by molar-refractivity contribution is 6.37. The highest BCUT2D eigenvalue weighted by atomic mass is 35.5. The van der Waals surface area contributed by atoms with E-state index in [1.165, 1.54) is 18.2 Å². The molecule has 39 heavy (non-hydrogen) atoms. The van der Waals surface area contributed by atoms with Crippen LogP contribution in [0.1, 0.15) is 48.9 Å². The molecule has 0 aliphatic rings. The van der Waals surface area contributed by atoms with Crippen molar-refractivity contribution in [2.45, 2.75) is 37.5 Å². The molecule has 4 aromatic carbocycles. The first-order valence-electron chi connectivity index (χ1n) is 11.9. The Morgan fingerprint density at radius 3 is 1.05 bits per heavy atom. The molecule has 4 rings (SSSR count). The number of rotatable bonds is 7. The van der Waals surface area contributed by atoms with Crippen molar-refractivity contribution in [1.29, 1.82) is 0 Å². The van der Waals surface area contributed by atoms with Crippen LogP contribution in [0.2, 0.25) is 25.1 Å². The van der Waals surface area contributed by atoms with Gasteiger partial charge in [-0.25, -0.2) is 0 Å². The molecule has 4 N–H and O–H groups in total. The molecule has 1 unspecified atom stereocenters. The van der Waals surface area contributed by atoms with E-state index in [9.17, 15) is 20.4 Å². The molecule has 0 saturated carbocycles. The van der Waals surface area contributed by atoms with Gasteiger partial charge in [-0.3, -0.25) is 0 Å². The van der Waals surface area contributed by atoms with Crippen LogP contribution in [-0.4, -0.2) is 20.4 Å². The van der Waals surface area contributed by atoms with E-state index in [2.05, 4.69) is 0 Å². The van der Waals surface area contributed by atoms with Crippen molar-refractivity contribution in [3.05, 3.63) is 114 Å². The molecule has 0 aliphatic carbocycles. The van der Waals surface area contributed by atoms with Crippen LogP contribution in [0, 0.1) is 0 Å². The quantitative estimate of drug-likeness (QED) is 0.165. The Hall–Kier alpha value is -2.47. The maximum Gasteiger partial charge on any atom is 0.152 e. The topological polar surface area (TPSA) is 80.9 Å². The summed E-state index contributed by atoms with van der Waals surface area (Å²) in [6.45, 7) is 4.03. The van der Waals surface area contributed by atoms with E-state index in [0.29, 0.717) is 12.8 Å². The van der Waals surface area contributed by atoms with Gasteiger partial charge in [0.1, 0.15) is 17.2 Å². The molecule has 0 radical (unpaired) electrons. The van der Waals surface area contributed by atoms with Gasteiger partial charge in [0, 0.05) is 10.8 Å².